The Bertz CT molecular complexity index is 849. The average Bonchev–Trinajstić information content (AvgIpc) is 2.60. The van der Waals surface area contributed by atoms with Gasteiger partial charge in [0.1, 0.15) is 18.2 Å². The van der Waals surface area contributed by atoms with Crippen molar-refractivity contribution in [3.8, 4) is 5.75 Å². The fraction of sp³-hybridized carbons (Fsp3) is 0.0500. The molecule has 0 aromatic heterocycles. The summed E-state index contributed by atoms with van der Waals surface area (Å²) in [7, 11) is 0. The first-order valence-electron chi connectivity index (χ1n) is 7.46. The zero-order chi connectivity index (χ0) is 16.8. The lowest BCUT2D eigenvalue weighted by Crippen LogP contribution is -1.99. The third-order valence-electron chi connectivity index (χ3n) is 3.36. The van der Waals surface area contributed by atoms with Crippen LogP contribution in [0.1, 0.15) is 11.1 Å². The first-order valence-corrected chi connectivity index (χ1v) is 8.26. The summed E-state index contributed by atoms with van der Waals surface area (Å²) in [5.74, 6) is 0.430. The Morgan fingerprint density at radius 2 is 1.79 bits per heavy atom. The van der Waals surface area contributed by atoms with Gasteiger partial charge in [-0.25, -0.2) is 4.39 Å². The van der Waals surface area contributed by atoms with Crippen LogP contribution in [0.5, 0.6) is 5.75 Å². The van der Waals surface area contributed by atoms with Crippen LogP contribution in [0.25, 0.3) is 0 Å². The molecule has 120 valence electrons. The van der Waals surface area contributed by atoms with Crippen molar-refractivity contribution in [1.29, 1.82) is 0 Å². The monoisotopic (exact) mass is 383 g/mol. The van der Waals surface area contributed by atoms with Crippen LogP contribution < -0.4 is 4.74 Å². The van der Waals surface area contributed by atoms with Crippen molar-refractivity contribution in [2.45, 2.75) is 6.61 Å². The number of benzene rings is 3. The van der Waals surface area contributed by atoms with Gasteiger partial charge in [-0.15, -0.1) is 0 Å². The summed E-state index contributed by atoms with van der Waals surface area (Å²) >= 11 is 3.46. The Balaban J connectivity index is 1.79. The van der Waals surface area contributed by atoms with Gasteiger partial charge in [0.05, 0.1) is 5.69 Å². The lowest BCUT2D eigenvalue weighted by molar-refractivity contribution is 0.305. The highest BCUT2D eigenvalue weighted by atomic mass is 79.9. The summed E-state index contributed by atoms with van der Waals surface area (Å²) in [6.45, 7) is 0.297. The number of para-hydroxylation sites is 1. The lowest BCUT2D eigenvalue weighted by atomic mass is 10.2. The van der Waals surface area contributed by atoms with E-state index in [9.17, 15) is 4.39 Å². The molecule has 0 heterocycles. The van der Waals surface area contributed by atoms with E-state index in [0.717, 1.165) is 21.3 Å². The van der Waals surface area contributed by atoms with Gasteiger partial charge in [0, 0.05) is 16.3 Å². The number of aliphatic imine (C=N–C) groups is 1. The van der Waals surface area contributed by atoms with Crippen molar-refractivity contribution in [3.63, 3.8) is 0 Å². The van der Waals surface area contributed by atoms with E-state index in [4.69, 9.17) is 4.74 Å². The Labute approximate surface area is 148 Å². The van der Waals surface area contributed by atoms with Crippen LogP contribution in [0, 0.1) is 5.82 Å². The molecule has 0 aliphatic carbocycles. The smallest absolute Gasteiger partial charge is 0.128 e. The highest BCUT2D eigenvalue weighted by Gasteiger charge is 2.04. The summed E-state index contributed by atoms with van der Waals surface area (Å²) < 4.78 is 20.0. The van der Waals surface area contributed by atoms with Gasteiger partial charge in [-0.3, -0.25) is 4.99 Å². The lowest BCUT2D eigenvalue weighted by Gasteiger charge is -2.10. The van der Waals surface area contributed by atoms with Gasteiger partial charge >= 0.3 is 0 Å². The Morgan fingerprint density at radius 1 is 0.958 bits per heavy atom. The summed E-state index contributed by atoms with van der Waals surface area (Å²) in [6, 6.07) is 21.8. The van der Waals surface area contributed by atoms with E-state index in [1.807, 2.05) is 54.6 Å². The fourth-order valence-corrected chi connectivity index (χ4v) is 2.58. The van der Waals surface area contributed by atoms with Crippen LogP contribution in [0.4, 0.5) is 10.1 Å². The van der Waals surface area contributed by atoms with Crippen molar-refractivity contribution in [2.24, 2.45) is 4.99 Å². The van der Waals surface area contributed by atoms with Crippen molar-refractivity contribution < 1.29 is 9.13 Å². The summed E-state index contributed by atoms with van der Waals surface area (Å²) in [4.78, 5) is 4.46. The Morgan fingerprint density at radius 3 is 2.58 bits per heavy atom. The van der Waals surface area contributed by atoms with Crippen LogP contribution in [-0.2, 0) is 6.61 Å². The minimum absolute atomic E-state index is 0.266. The topological polar surface area (TPSA) is 21.6 Å². The second kappa shape index (κ2) is 7.88. The summed E-state index contributed by atoms with van der Waals surface area (Å²) in [5, 5.41) is 0. The highest BCUT2D eigenvalue weighted by Crippen LogP contribution is 2.24. The highest BCUT2D eigenvalue weighted by molar-refractivity contribution is 9.10. The van der Waals surface area contributed by atoms with E-state index >= 15 is 0 Å². The van der Waals surface area contributed by atoms with E-state index in [1.54, 1.807) is 12.3 Å². The molecule has 2 nitrogen and oxygen atoms in total. The molecular weight excluding hydrogens is 369 g/mol. The van der Waals surface area contributed by atoms with Gasteiger partial charge in [-0.05, 0) is 48.0 Å². The molecule has 0 amide bonds. The molecule has 0 saturated heterocycles. The molecule has 0 aliphatic rings. The van der Waals surface area contributed by atoms with Gasteiger partial charge in [0.15, 0.2) is 0 Å². The zero-order valence-electron chi connectivity index (χ0n) is 12.8. The number of ether oxygens (including phenoxy) is 1. The van der Waals surface area contributed by atoms with Gasteiger partial charge in [-0.1, -0.05) is 46.3 Å². The van der Waals surface area contributed by atoms with Crippen LogP contribution in [-0.4, -0.2) is 6.21 Å². The molecule has 0 spiro atoms. The van der Waals surface area contributed by atoms with Crippen molar-refractivity contribution in [3.05, 3.63) is 94.2 Å². The number of hydrogen-bond donors (Lipinski definition) is 0. The SMILES string of the molecule is Fc1cccc(COc2ccc(Br)cc2C=Nc2ccccc2)c1. The number of nitrogens with zero attached hydrogens (tertiary/aromatic N) is 1. The second-order valence-electron chi connectivity index (χ2n) is 5.19. The molecule has 0 saturated carbocycles. The maximum absolute atomic E-state index is 13.3. The van der Waals surface area contributed by atoms with Gasteiger partial charge < -0.3 is 4.74 Å². The van der Waals surface area contributed by atoms with E-state index in [1.165, 1.54) is 12.1 Å². The number of rotatable bonds is 5. The zero-order valence-corrected chi connectivity index (χ0v) is 14.4. The molecule has 3 aromatic carbocycles. The van der Waals surface area contributed by atoms with E-state index < -0.39 is 0 Å². The molecule has 0 atom stereocenters. The average molecular weight is 384 g/mol. The largest absolute Gasteiger partial charge is 0.488 e. The molecule has 0 aliphatic heterocycles. The molecule has 0 unspecified atom stereocenters. The minimum atomic E-state index is -0.266. The summed E-state index contributed by atoms with van der Waals surface area (Å²) in [6.07, 6.45) is 1.76. The van der Waals surface area contributed by atoms with Crippen molar-refractivity contribution >= 4 is 27.8 Å². The predicted molar refractivity (Wildman–Crippen MR) is 98.6 cm³/mol. The van der Waals surface area contributed by atoms with Gasteiger partial charge in [0.25, 0.3) is 0 Å². The van der Waals surface area contributed by atoms with Crippen LogP contribution in [0.15, 0.2) is 82.3 Å². The van der Waals surface area contributed by atoms with E-state index in [0.29, 0.717) is 12.4 Å². The van der Waals surface area contributed by atoms with Crippen LogP contribution >= 0.6 is 15.9 Å². The molecule has 3 aromatic rings. The fourth-order valence-electron chi connectivity index (χ4n) is 2.20. The van der Waals surface area contributed by atoms with E-state index in [-0.39, 0.29) is 5.82 Å². The van der Waals surface area contributed by atoms with Crippen molar-refractivity contribution in [2.75, 3.05) is 0 Å². The molecule has 4 heteroatoms. The van der Waals surface area contributed by atoms with E-state index in [2.05, 4.69) is 20.9 Å². The maximum atomic E-state index is 13.3. The number of halogens is 2. The third-order valence-corrected chi connectivity index (χ3v) is 3.86. The molecule has 0 bridgehead atoms. The normalized spacial score (nSPS) is 10.9. The quantitative estimate of drug-likeness (QED) is 0.501. The molecule has 0 fully saturated rings. The standard InChI is InChI=1S/C20H15BrFNO/c21-17-9-10-20(24-14-15-5-4-6-18(22)11-15)16(12-17)13-23-19-7-2-1-3-8-19/h1-13H,14H2. The van der Waals surface area contributed by atoms with Gasteiger partial charge in [0.2, 0.25) is 0 Å². The maximum Gasteiger partial charge on any atom is 0.128 e. The first kappa shape index (κ1) is 16.4. The Hall–Kier alpha value is -2.46. The predicted octanol–water partition coefficient (Wildman–Crippen LogP) is 5.92. The minimum Gasteiger partial charge on any atom is -0.488 e. The summed E-state index contributed by atoms with van der Waals surface area (Å²) in [5.41, 5.74) is 2.50. The second-order valence-corrected chi connectivity index (χ2v) is 6.11. The first-order chi connectivity index (χ1) is 11.7. The van der Waals surface area contributed by atoms with Gasteiger partial charge in [-0.2, -0.15) is 0 Å². The molecule has 3 rings (SSSR count). The Kier molecular flexibility index (Phi) is 5.39. The van der Waals surface area contributed by atoms with Crippen LogP contribution in [0.3, 0.4) is 0 Å². The number of hydrogen-bond acceptors (Lipinski definition) is 2. The third kappa shape index (κ3) is 4.52. The molecule has 0 radical (unpaired) electrons. The van der Waals surface area contributed by atoms with Crippen molar-refractivity contribution in [1.82, 2.24) is 0 Å². The van der Waals surface area contributed by atoms with Crippen LogP contribution in [0.2, 0.25) is 0 Å². The molecule has 0 N–H and O–H groups in total. The molecule has 24 heavy (non-hydrogen) atoms. The molecular formula is C20H15BrFNO.